The number of aryl methyl sites for hydroxylation is 1. The fourth-order valence-corrected chi connectivity index (χ4v) is 4.69. The number of hydrogen-bond acceptors (Lipinski definition) is 7. The normalized spacial score (nSPS) is 16.2. The molecule has 5 rings (SSSR count). The van der Waals surface area contributed by atoms with Gasteiger partial charge in [0.05, 0.1) is 16.5 Å². The predicted octanol–water partition coefficient (Wildman–Crippen LogP) is 5.50. The summed E-state index contributed by atoms with van der Waals surface area (Å²) >= 11 is 0. The van der Waals surface area contributed by atoms with Crippen LogP contribution < -0.4 is 4.74 Å². The Labute approximate surface area is 230 Å². The molecule has 1 saturated heterocycles. The Hall–Kier alpha value is -5.31. The summed E-state index contributed by atoms with van der Waals surface area (Å²) < 4.78 is 5.86. The Bertz CT molecular complexity index is 1600. The first-order chi connectivity index (χ1) is 19.3. The number of amides is 1. The van der Waals surface area contributed by atoms with Crippen molar-refractivity contribution in [2.75, 3.05) is 0 Å². The second kappa shape index (κ2) is 11.2. The molecule has 1 atom stereocenters. The van der Waals surface area contributed by atoms with Crippen molar-refractivity contribution >= 4 is 23.1 Å². The Balaban J connectivity index is 1.48. The van der Waals surface area contributed by atoms with Gasteiger partial charge in [-0.25, -0.2) is 0 Å². The molecule has 0 saturated carbocycles. The second-order valence-corrected chi connectivity index (χ2v) is 9.43. The molecular weight excluding hydrogens is 510 g/mol. The molecule has 0 aliphatic carbocycles. The van der Waals surface area contributed by atoms with Crippen LogP contribution in [0.2, 0.25) is 0 Å². The minimum atomic E-state index is -0.953. The third kappa shape index (κ3) is 5.44. The Morgan fingerprint density at radius 1 is 0.975 bits per heavy atom. The lowest BCUT2D eigenvalue weighted by molar-refractivity contribution is -0.384. The first-order valence-corrected chi connectivity index (χ1v) is 12.5. The van der Waals surface area contributed by atoms with E-state index in [1.807, 2.05) is 31.2 Å². The second-order valence-electron chi connectivity index (χ2n) is 9.43. The van der Waals surface area contributed by atoms with E-state index in [1.54, 1.807) is 48.8 Å². The van der Waals surface area contributed by atoms with Gasteiger partial charge in [0.1, 0.15) is 18.1 Å². The molecule has 4 aromatic rings. The fourth-order valence-electron chi connectivity index (χ4n) is 4.69. The van der Waals surface area contributed by atoms with Crippen molar-refractivity contribution in [3.63, 3.8) is 0 Å². The lowest BCUT2D eigenvalue weighted by Gasteiger charge is -2.25. The molecule has 40 heavy (non-hydrogen) atoms. The van der Waals surface area contributed by atoms with Crippen LogP contribution in [0.3, 0.4) is 0 Å². The van der Waals surface area contributed by atoms with Crippen LogP contribution in [0.4, 0.5) is 5.69 Å². The highest BCUT2D eigenvalue weighted by atomic mass is 16.6. The van der Waals surface area contributed by atoms with E-state index in [0.717, 1.165) is 16.7 Å². The summed E-state index contributed by atoms with van der Waals surface area (Å²) in [6.45, 7) is 2.45. The number of non-ortho nitro benzene ring substituents is 1. The van der Waals surface area contributed by atoms with E-state index in [1.165, 1.54) is 29.2 Å². The monoisotopic (exact) mass is 535 g/mol. The molecule has 0 radical (unpaired) electrons. The van der Waals surface area contributed by atoms with Crippen molar-refractivity contribution in [2.45, 2.75) is 26.1 Å². The van der Waals surface area contributed by atoms with Crippen molar-refractivity contribution in [3.05, 3.63) is 141 Å². The zero-order valence-electron chi connectivity index (χ0n) is 21.6. The topological polar surface area (TPSA) is 123 Å². The SMILES string of the molecule is Cc1cccc(COc2ccc(C(O)=C3C(=O)C(=O)N(Cc4ccncc4)[C@@H]3c3ccc([N+](=O)[O-])cc3)cc2)c1. The third-order valence-corrected chi connectivity index (χ3v) is 6.68. The summed E-state index contributed by atoms with van der Waals surface area (Å²) in [5, 5.41) is 22.5. The first-order valence-electron chi connectivity index (χ1n) is 12.5. The molecule has 1 aliphatic rings. The van der Waals surface area contributed by atoms with Gasteiger partial charge in [-0.15, -0.1) is 0 Å². The number of carbonyl (C=O) groups is 2. The van der Waals surface area contributed by atoms with Gasteiger partial charge >= 0.3 is 0 Å². The summed E-state index contributed by atoms with van der Waals surface area (Å²) in [7, 11) is 0. The van der Waals surface area contributed by atoms with E-state index in [4.69, 9.17) is 4.74 Å². The number of nitro groups is 1. The molecule has 9 nitrogen and oxygen atoms in total. The number of nitro benzene ring substituents is 1. The molecule has 0 bridgehead atoms. The molecule has 1 aliphatic heterocycles. The number of ketones is 1. The van der Waals surface area contributed by atoms with Gasteiger partial charge < -0.3 is 14.7 Å². The Morgan fingerprint density at radius 3 is 2.33 bits per heavy atom. The van der Waals surface area contributed by atoms with Crippen molar-refractivity contribution in [1.29, 1.82) is 0 Å². The number of aliphatic hydroxyl groups excluding tert-OH is 1. The van der Waals surface area contributed by atoms with Crippen molar-refractivity contribution in [1.82, 2.24) is 9.88 Å². The van der Waals surface area contributed by atoms with Gasteiger partial charge in [-0.05, 0) is 72.1 Å². The summed E-state index contributed by atoms with van der Waals surface area (Å²) in [6.07, 6.45) is 3.16. The van der Waals surface area contributed by atoms with Crippen LogP contribution in [0.15, 0.2) is 103 Å². The summed E-state index contributed by atoms with van der Waals surface area (Å²) in [6, 6.07) is 22.6. The summed E-state index contributed by atoms with van der Waals surface area (Å²) in [4.78, 5) is 42.5. The lowest BCUT2D eigenvalue weighted by atomic mass is 9.95. The standard InChI is InChI=1S/C31H25N3O6/c1-20-3-2-4-22(17-20)19-40-26-11-7-24(8-12-26)29(35)27-28(23-5-9-25(10-6-23)34(38)39)33(31(37)30(27)36)18-21-13-15-32-16-14-21/h2-17,28,35H,18-19H2,1H3/t28-/m1/s1. The van der Waals surface area contributed by atoms with Crippen LogP contribution in [0.25, 0.3) is 5.76 Å². The van der Waals surface area contributed by atoms with Gasteiger partial charge in [0, 0.05) is 36.6 Å². The fraction of sp³-hybridized carbons (Fsp3) is 0.129. The summed E-state index contributed by atoms with van der Waals surface area (Å²) in [5.74, 6) is -1.39. The van der Waals surface area contributed by atoms with Crippen molar-refractivity contribution in [2.24, 2.45) is 0 Å². The van der Waals surface area contributed by atoms with Crippen LogP contribution in [0, 0.1) is 17.0 Å². The number of pyridine rings is 1. The van der Waals surface area contributed by atoms with Crippen molar-refractivity contribution in [3.8, 4) is 5.75 Å². The van der Waals surface area contributed by atoms with Gasteiger partial charge in [0.2, 0.25) is 0 Å². The molecule has 1 fully saturated rings. The zero-order chi connectivity index (χ0) is 28.2. The van der Waals surface area contributed by atoms with Crippen LogP contribution in [-0.2, 0) is 22.7 Å². The third-order valence-electron chi connectivity index (χ3n) is 6.68. The molecule has 9 heteroatoms. The van der Waals surface area contributed by atoms with E-state index in [0.29, 0.717) is 23.5 Å². The van der Waals surface area contributed by atoms with Crippen LogP contribution in [0.5, 0.6) is 5.75 Å². The summed E-state index contributed by atoms with van der Waals surface area (Å²) in [5.41, 5.74) is 3.44. The largest absolute Gasteiger partial charge is 0.507 e. The smallest absolute Gasteiger partial charge is 0.295 e. The van der Waals surface area contributed by atoms with E-state index in [-0.39, 0.29) is 23.6 Å². The maximum Gasteiger partial charge on any atom is 0.295 e. The number of carbonyl (C=O) groups excluding carboxylic acids is 2. The van der Waals surface area contributed by atoms with Crippen LogP contribution in [-0.4, -0.2) is 31.6 Å². The molecule has 1 aromatic heterocycles. The Kier molecular flexibility index (Phi) is 7.37. The molecule has 1 N–H and O–H groups in total. The average Bonchev–Trinajstić information content (AvgIpc) is 3.21. The lowest BCUT2D eigenvalue weighted by Crippen LogP contribution is -2.29. The number of likely N-dealkylation sites (tertiary alicyclic amines) is 1. The van der Waals surface area contributed by atoms with E-state index >= 15 is 0 Å². The van der Waals surface area contributed by atoms with Crippen molar-refractivity contribution < 1.29 is 24.4 Å². The number of hydrogen-bond donors (Lipinski definition) is 1. The number of ether oxygens (including phenoxy) is 1. The highest BCUT2D eigenvalue weighted by molar-refractivity contribution is 6.46. The highest BCUT2D eigenvalue weighted by Gasteiger charge is 2.46. The predicted molar refractivity (Wildman–Crippen MR) is 147 cm³/mol. The molecule has 1 amide bonds. The average molecular weight is 536 g/mol. The van der Waals surface area contributed by atoms with Crippen LogP contribution >= 0.6 is 0 Å². The van der Waals surface area contributed by atoms with Gasteiger partial charge in [-0.3, -0.25) is 24.7 Å². The molecule has 200 valence electrons. The number of Topliss-reactive ketones (excluding diaryl/α,β-unsaturated/α-hetero) is 1. The first kappa shape index (κ1) is 26.3. The van der Waals surface area contributed by atoms with Gasteiger partial charge in [-0.1, -0.05) is 29.8 Å². The highest BCUT2D eigenvalue weighted by Crippen LogP contribution is 2.40. The van der Waals surface area contributed by atoms with Crippen LogP contribution in [0.1, 0.15) is 33.9 Å². The number of nitrogens with zero attached hydrogens (tertiary/aromatic N) is 3. The minimum Gasteiger partial charge on any atom is -0.507 e. The minimum absolute atomic E-state index is 0.0806. The molecular formula is C31H25N3O6. The Morgan fingerprint density at radius 2 is 1.68 bits per heavy atom. The van der Waals surface area contributed by atoms with Gasteiger partial charge in [-0.2, -0.15) is 0 Å². The number of aromatic nitrogens is 1. The zero-order valence-corrected chi connectivity index (χ0v) is 21.6. The maximum absolute atomic E-state index is 13.3. The maximum atomic E-state index is 13.3. The molecule has 2 heterocycles. The number of rotatable bonds is 8. The quantitative estimate of drug-likeness (QED) is 0.104. The molecule has 3 aromatic carbocycles. The van der Waals surface area contributed by atoms with E-state index in [2.05, 4.69) is 4.98 Å². The molecule has 0 unspecified atom stereocenters. The van der Waals surface area contributed by atoms with E-state index < -0.39 is 22.7 Å². The van der Waals surface area contributed by atoms with E-state index in [9.17, 15) is 24.8 Å². The number of aliphatic hydroxyl groups is 1. The van der Waals surface area contributed by atoms with Gasteiger partial charge in [0.25, 0.3) is 17.4 Å². The number of benzene rings is 3. The molecule has 0 spiro atoms. The van der Waals surface area contributed by atoms with Gasteiger partial charge in [0.15, 0.2) is 0 Å².